The molecule has 0 unspecified atom stereocenters. The topological polar surface area (TPSA) is 30.8 Å². The summed E-state index contributed by atoms with van der Waals surface area (Å²) < 4.78 is 10.3. The van der Waals surface area contributed by atoms with Crippen LogP contribution in [0.5, 0.6) is 0 Å². The zero-order valence-electron chi connectivity index (χ0n) is 9.43. The molecule has 1 aromatic carbocycles. The predicted octanol–water partition coefficient (Wildman–Crippen LogP) is 2.57. The van der Waals surface area contributed by atoms with Crippen molar-refractivity contribution >= 4 is 11.9 Å². The Hall–Kier alpha value is -1.19. The van der Waals surface area contributed by atoms with Crippen molar-refractivity contribution < 1.29 is 9.47 Å². The van der Waals surface area contributed by atoms with Crippen LogP contribution < -0.4 is 0 Å². The number of methoxy groups -OCH3 is 2. The van der Waals surface area contributed by atoms with Gasteiger partial charge in [0, 0.05) is 26.9 Å². The van der Waals surface area contributed by atoms with Crippen LogP contribution in [0.1, 0.15) is 12.5 Å². The lowest BCUT2D eigenvalue weighted by Gasteiger charge is -2.14. The molecular weight excluding hydrogens is 190 g/mol. The average molecular weight is 207 g/mol. The third-order valence-electron chi connectivity index (χ3n) is 2.17. The third kappa shape index (κ3) is 3.46. The van der Waals surface area contributed by atoms with Gasteiger partial charge >= 0.3 is 0 Å². The summed E-state index contributed by atoms with van der Waals surface area (Å²) in [5.41, 5.74) is 2.10. The number of hydrogen-bond acceptors (Lipinski definition) is 3. The lowest BCUT2D eigenvalue weighted by atomic mass is 10.1. The van der Waals surface area contributed by atoms with E-state index < -0.39 is 0 Å². The van der Waals surface area contributed by atoms with Gasteiger partial charge in [-0.25, -0.2) is 0 Å². The molecule has 0 aromatic heterocycles. The van der Waals surface area contributed by atoms with E-state index in [1.54, 1.807) is 20.4 Å². The van der Waals surface area contributed by atoms with Gasteiger partial charge in [-0.1, -0.05) is 18.2 Å². The molecule has 0 saturated carbocycles. The number of para-hydroxylation sites is 1. The van der Waals surface area contributed by atoms with E-state index in [9.17, 15) is 0 Å². The molecule has 3 nitrogen and oxygen atoms in total. The minimum absolute atomic E-state index is 0.210. The molecule has 0 radical (unpaired) electrons. The number of benzene rings is 1. The molecule has 0 heterocycles. The lowest BCUT2D eigenvalue weighted by Crippen LogP contribution is -2.16. The maximum Gasteiger partial charge on any atom is 0.160 e. The van der Waals surface area contributed by atoms with E-state index in [0.29, 0.717) is 6.42 Å². The standard InChI is InChI=1S/C12H17NO2/c1-4-13-11-8-6-5-7-10(11)9-12(14-2)15-3/h4-8,12H,9H2,1-3H3. The minimum atomic E-state index is -0.210. The van der Waals surface area contributed by atoms with Crippen LogP contribution in [0.15, 0.2) is 29.3 Å². The largest absolute Gasteiger partial charge is 0.356 e. The molecule has 0 saturated heterocycles. The van der Waals surface area contributed by atoms with Crippen molar-refractivity contribution in [2.75, 3.05) is 14.2 Å². The molecule has 0 amide bonds. The van der Waals surface area contributed by atoms with E-state index in [4.69, 9.17) is 9.47 Å². The fourth-order valence-electron chi connectivity index (χ4n) is 1.39. The quantitative estimate of drug-likeness (QED) is 0.549. The fraction of sp³-hybridized carbons (Fsp3) is 0.417. The number of rotatable bonds is 5. The van der Waals surface area contributed by atoms with E-state index in [-0.39, 0.29) is 6.29 Å². The second-order valence-corrected chi connectivity index (χ2v) is 3.12. The summed E-state index contributed by atoms with van der Waals surface area (Å²) in [6.45, 7) is 1.90. The van der Waals surface area contributed by atoms with E-state index >= 15 is 0 Å². The maximum absolute atomic E-state index is 5.16. The predicted molar refractivity (Wildman–Crippen MR) is 61.8 cm³/mol. The molecule has 0 N–H and O–H groups in total. The Morgan fingerprint density at radius 1 is 1.27 bits per heavy atom. The van der Waals surface area contributed by atoms with E-state index in [2.05, 4.69) is 4.99 Å². The van der Waals surface area contributed by atoms with Crippen molar-refractivity contribution in [1.29, 1.82) is 0 Å². The summed E-state index contributed by atoms with van der Waals surface area (Å²) in [6.07, 6.45) is 2.28. The molecule has 0 atom stereocenters. The fourth-order valence-corrected chi connectivity index (χ4v) is 1.39. The van der Waals surface area contributed by atoms with Gasteiger partial charge in [0.15, 0.2) is 6.29 Å². The highest BCUT2D eigenvalue weighted by atomic mass is 16.7. The summed E-state index contributed by atoms with van der Waals surface area (Å²) in [6, 6.07) is 7.98. The first-order valence-corrected chi connectivity index (χ1v) is 4.94. The van der Waals surface area contributed by atoms with Gasteiger partial charge in [0.05, 0.1) is 5.69 Å². The van der Waals surface area contributed by atoms with E-state index in [0.717, 1.165) is 11.3 Å². The summed E-state index contributed by atoms with van der Waals surface area (Å²) in [5, 5.41) is 0. The third-order valence-corrected chi connectivity index (χ3v) is 2.17. The summed E-state index contributed by atoms with van der Waals surface area (Å²) in [7, 11) is 3.28. The Labute approximate surface area is 90.7 Å². The molecule has 1 rings (SSSR count). The highest BCUT2D eigenvalue weighted by molar-refractivity contribution is 5.62. The Bertz CT molecular complexity index is 319. The van der Waals surface area contributed by atoms with Crippen molar-refractivity contribution in [3.63, 3.8) is 0 Å². The first kappa shape index (κ1) is 11.9. The molecular formula is C12H17NO2. The highest BCUT2D eigenvalue weighted by Crippen LogP contribution is 2.20. The summed E-state index contributed by atoms with van der Waals surface area (Å²) in [4.78, 5) is 4.29. The van der Waals surface area contributed by atoms with Gasteiger partial charge in [-0.3, -0.25) is 4.99 Å². The Morgan fingerprint density at radius 2 is 1.93 bits per heavy atom. The molecule has 15 heavy (non-hydrogen) atoms. The molecule has 1 aromatic rings. The summed E-state index contributed by atoms with van der Waals surface area (Å²) in [5.74, 6) is 0. The van der Waals surface area contributed by atoms with Crippen molar-refractivity contribution in [3.8, 4) is 0 Å². The molecule has 0 spiro atoms. The van der Waals surface area contributed by atoms with Gasteiger partial charge in [-0.05, 0) is 18.6 Å². The van der Waals surface area contributed by atoms with Gasteiger partial charge in [0.25, 0.3) is 0 Å². The molecule has 82 valence electrons. The van der Waals surface area contributed by atoms with Crippen molar-refractivity contribution in [3.05, 3.63) is 29.8 Å². The second kappa shape index (κ2) is 6.32. The Balaban J connectivity index is 2.83. The van der Waals surface area contributed by atoms with E-state index in [1.807, 2.05) is 31.2 Å². The van der Waals surface area contributed by atoms with E-state index in [1.165, 1.54) is 0 Å². The van der Waals surface area contributed by atoms with Crippen molar-refractivity contribution in [2.45, 2.75) is 19.6 Å². The smallest absolute Gasteiger partial charge is 0.160 e. The molecule has 3 heteroatoms. The molecule has 0 bridgehead atoms. The average Bonchev–Trinajstić information content (AvgIpc) is 2.28. The molecule has 0 aliphatic carbocycles. The summed E-state index contributed by atoms with van der Waals surface area (Å²) >= 11 is 0. The monoisotopic (exact) mass is 207 g/mol. The Kier molecular flexibility index (Phi) is 5.01. The normalized spacial score (nSPS) is 11.5. The van der Waals surface area contributed by atoms with Crippen LogP contribution in [0.3, 0.4) is 0 Å². The van der Waals surface area contributed by atoms with Gasteiger partial charge in [-0.2, -0.15) is 0 Å². The van der Waals surface area contributed by atoms with Crippen molar-refractivity contribution in [2.24, 2.45) is 4.99 Å². The number of nitrogens with zero attached hydrogens (tertiary/aromatic N) is 1. The van der Waals surface area contributed by atoms with Gasteiger partial charge in [0.2, 0.25) is 0 Å². The molecule has 0 aliphatic heterocycles. The van der Waals surface area contributed by atoms with Crippen molar-refractivity contribution in [1.82, 2.24) is 0 Å². The number of aliphatic imine (C=N–C) groups is 1. The zero-order chi connectivity index (χ0) is 11.1. The van der Waals surface area contributed by atoms with Crippen LogP contribution in [0, 0.1) is 0 Å². The van der Waals surface area contributed by atoms with Crippen LogP contribution >= 0.6 is 0 Å². The first-order valence-electron chi connectivity index (χ1n) is 4.94. The second-order valence-electron chi connectivity index (χ2n) is 3.12. The van der Waals surface area contributed by atoms with Crippen LogP contribution in [0.4, 0.5) is 5.69 Å². The highest BCUT2D eigenvalue weighted by Gasteiger charge is 2.08. The Morgan fingerprint density at radius 3 is 2.53 bits per heavy atom. The molecule has 0 aliphatic rings. The van der Waals surface area contributed by atoms with Crippen LogP contribution in [-0.2, 0) is 15.9 Å². The van der Waals surface area contributed by atoms with Gasteiger partial charge in [0.1, 0.15) is 0 Å². The van der Waals surface area contributed by atoms with Crippen LogP contribution in [-0.4, -0.2) is 26.7 Å². The van der Waals surface area contributed by atoms with Gasteiger partial charge < -0.3 is 9.47 Å². The lowest BCUT2D eigenvalue weighted by molar-refractivity contribution is -0.100. The minimum Gasteiger partial charge on any atom is -0.356 e. The number of hydrogen-bond donors (Lipinski definition) is 0. The van der Waals surface area contributed by atoms with Gasteiger partial charge in [-0.15, -0.1) is 0 Å². The first-order chi connectivity index (χ1) is 7.31. The SMILES string of the molecule is CC=Nc1ccccc1CC(OC)OC. The molecule has 0 fully saturated rings. The van der Waals surface area contributed by atoms with Crippen LogP contribution in [0.25, 0.3) is 0 Å². The zero-order valence-corrected chi connectivity index (χ0v) is 9.43. The number of ether oxygens (including phenoxy) is 2. The van der Waals surface area contributed by atoms with Crippen LogP contribution in [0.2, 0.25) is 0 Å². The maximum atomic E-state index is 5.16.